The van der Waals surface area contributed by atoms with E-state index >= 15 is 0 Å². The van der Waals surface area contributed by atoms with E-state index in [1.165, 1.54) is 0 Å². The largest absolute Gasteiger partial charge is 0.370 e. The summed E-state index contributed by atoms with van der Waals surface area (Å²) in [6, 6.07) is 9.88. The van der Waals surface area contributed by atoms with Gasteiger partial charge in [0, 0.05) is 29.8 Å². The smallest absolute Gasteiger partial charge is 0.262 e. The first-order valence-corrected chi connectivity index (χ1v) is 9.21. The fourth-order valence-electron chi connectivity index (χ4n) is 3.06. The number of carbonyl (C=O) groups excluding carboxylic acids is 1. The van der Waals surface area contributed by atoms with Crippen LogP contribution in [-0.4, -0.2) is 15.5 Å². The lowest BCUT2D eigenvalue weighted by Gasteiger charge is -2.11. The molecule has 0 unspecified atom stereocenters. The summed E-state index contributed by atoms with van der Waals surface area (Å²) in [5, 5.41) is 0.637. The van der Waals surface area contributed by atoms with Crippen molar-refractivity contribution >= 4 is 27.5 Å². The Morgan fingerprint density at radius 2 is 2.00 bits per heavy atom. The maximum absolute atomic E-state index is 13.2. The normalized spacial score (nSPS) is 11.1. The van der Waals surface area contributed by atoms with Crippen LogP contribution in [0.3, 0.4) is 0 Å². The van der Waals surface area contributed by atoms with Crippen LogP contribution < -0.4 is 11.3 Å². The number of carbonyl (C=O) groups is 1. The third kappa shape index (κ3) is 3.35. The van der Waals surface area contributed by atoms with Crippen molar-refractivity contribution in [3.8, 4) is 11.1 Å². The summed E-state index contributed by atoms with van der Waals surface area (Å²) in [5.74, 6) is 0.307. The van der Waals surface area contributed by atoms with E-state index in [-0.39, 0.29) is 18.5 Å². The molecule has 0 aliphatic rings. The Hall–Kier alpha value is -2.47. The molecule has 0 aliphatic heterocycles. The molecule has 0 saturated carbocycles. The third-order valence-electron chi connectivity index (χ3n) is 4.18. The lowest BCUT2D eigenvalue weighted by atomic mass is 10.0. The number of amides is 1. The quantitative estimate of drug-likeness (QED) is 0.737. The number of nitrogens with zero attached hydrogens (tertiary/aromatic N) is 2. The van der Waals surface area contributed by atoms with Gasteiger partial charge in [-0.05, 0) is 18.9 Å². The van der Waals surface area contributed by atoms with Gasteiger partial charge in [-0.1, -0.05) is 37.3 Å². The molecule has 0 aliphatic carbocycles. The fraction of sp³-hybridized carbons (Fsp3) is 0.316. The molecule has 3 rings (SSSR count). The van der Waals surface area contributed by atoms with Crippen molar-refractivity contribution in [3.05, 3.63) is 51.4 Å². The Morgan fingerprint density at radius 1 is 1.28 bits per heavy atom. The molecule has 0 bridgehead atoms. The van der Waals surface area contributed by atoms with Crippen molar-refractivity contribution in [1.29, 1.82) is 0 Å². The molecule has 0 saturated heterocycles. The molecule has 2 N–H and O–H groups in total. The molecule has 2 heterocycles. The second kappa shape index (κ2) is 7.19. The summed E-state index contributed by atoms with van der Waals surface area (Å²) in [6.07, 6.45) is 1.71. The van der Waals surface area contributed by atoms with Gasteiger partial charge in [-0.2, -0.15) is 0 Å². The van der Waals surface area contributed by atoms with Gasteiger partial charge in [0.05, 0.1) is 5.39 Å². The van der Waals surface area contributed by atoms with Crippen LogP contribution in [0.2, 0.25) is 0 Å². The minimum Gasteiger partial charge on any atom is -0.370 e. The van der Waals surface area contributed by atoms with Crippen LogP contribution >= 0.6 is 11.3 Å². The minimum absolute atomic E-state index is 0.0853. The zero-order chi connectivity index (χ0) is 18.0. The zero-order valence-corrected chi connectivity index (χ0v) is 15.2. The highest BCUT2D eigenvalue weighted by atomic mass is 32.1. The molecule has 5 nitrogen and oxygen atoms in total. The second-order valence-corrected chi connectivity index (χ2v) is 7.23. The highest BCUT2D eigenvalue weighted by Crippen LogP contribution is 2.35. The van der Waals surface area contributed by atoms with Crippen LogP contribution in [0.5, 0.6) is 0 Å². The lowest BCUT2D eigenvalue weighted by molar-refractivity contribution is -0.118. The molecule has 1 amide bonds. The van der Waals surface area contributed by atoms with Crippen LogP contribution in [0.25, 0.3) is 21.3 Å². The van der Waals surface area contributed by atoms with Crippen molar-refractivity contribution in [2.75, 3.05) is 0 Å². The molecule has 2 aromatic heterocycles. The lowest BCUT2D eigenvalue weighted by Crippen LogP contribution is -2.27. The van der Waals surface area contributed by atoms with Gasteiger partial charge >= 0.3 is 0 Å². The summed E-state index contributed by atoms with van der Waals surface area (Å²) >= 11 is 1.54. The van der Waals surface area contributed by atoms with Crippen molar-refractivity contribution in [1.82, 2.24) is 9.55 Å². The molecule has 6 heteroatoms. The van der Waals surface area contributed by atoms with Gasteiger partial charge in [-0.3, -0.25) is 14.2 Å². The number of aromatic nitrogens is 2. The number of aryl methyl sites for hydroxylation is 2. The van der Waals surface area contributed by atoms with Crippen molar-refractivity contribution in [3.63, 3.8) is 0 Å². The minimum atomic E-state index is -0.417. The molecule has 130 valence electrons. The number of fused-ring (bicyclic) bond motifs is 1. The third-order valence-corrected chi connectivity index (χ3v) is 5.18. The van der Waals surface area contributed by atoms with E-state index in [0.29, 0.717) is 11.8 Å². The van der Waals surface area contributed by atoms with Crippen LogP contribution in [0, 0.1) is 6.92 Å². The number of hydrogen-bond donors (Lipinski definition) is 1. The van der Waals surface area contributed by atoms with Gasteiger partial charge in [-0.25, -0.2) is 4.98 Å². The summed E-state index contributed by atoms with van der Waals surface area (Å²) in [4.78, 5) is 31.0. The SMILES string of the molecule is CCCc1nc2sc(C)c(-c3ccccc3)c2c(=O)n1CCC(N)=O. The van der Waals surface area contributed by atoms with Crippen molar-refractivity contribution in [2.45, 2.75) is 39.7 Å². The first kappa shape index (κ1) is 17.4. The Morgan fingerprint density at radius 3 is 2.64 bits per heavy atom. The average Bonchev–Trinajstić information content (AvgIpc) is 2.91. The van der Waals surface area contributed by atoms with Crippen LogP contribution in [0.1, 0.15) is 30.5 Å². The standard InChI is InChI=1S/C19H21N3O2S/c1-3-7-15-21-18-17(19(24)22(15)11-10-14(20)23)16(12(2)25-18)13-8-5-4-6-9-13/h4-6,8-9H,3,7,10-11H2,1-2H3,(H2,20,23). The first-order chi connectivity index (χ1) is 12.0. The van der Waals surface area contributed by atoms with E-state index in [9.17, 15) is 9.59 Å². The number of rotatable bonds is 6. The zero-order valence-electron chi connectivity index (χ0n) is 14.4. The summed E-state index contributed by atoms with van der Waals surface area (Å²) < 4.78 is 1.62. The number of nitrogens with two attached hydrogens (primary N) is 1. The van der Waals surface area contributed by atoms with Crippen LogP contribution in [-0.2, 0) is 17.8 Å². The molecule has 0 fully saturated rings. The topological polar surface area (TPSA) is 78.0 Å². The molecule has 0 radical (unpaired) electrons. The second-order valence-electron chi connectivity index (χ2n) is 6.03. The van der Waals surface area contributed by atoms with E-state index in [0.717, 1.165) is 33.1 Å². The van der Waals surface area contributed by atoms with Gasteiger partial charge in [0.2, 0.25) is 5.91 Å². The fourth-order valence-corrected chi connectivity index (χ4v) is 4.11. The highest BCUT2D eigenvalue weighted by molar-refractivity contribution is 7.19. The van der Waals surface area contributed by atoms with E-state index in [1.54, 1.807) is 15.9 Å². The van der Waals surface area contributed by atoms with E-state index < -0.39 is 5.91 Å². The van der Waals surface area contributed by atoms with Gasteiger partial charge < -0.3 is 5.73 Å². The summed E-state index contributed by atoms with van der Waals surface area (Å²) in [6.45, 7) is 4.33. The first-order valence-electron chi connectivity index (χ1n) is 8.39. The molecule has 3 aromatic rings. The Bertz CT molecular complexity index is 974. The van der Waals surface area contributed by atoms with Crippen LogP contribution in [0.4, 0.5) is 0 Å². The number of benzene rings is 1. The summed E-state index contributed by atoms with van der Waals surface area (Å²) in [7, 11) is 0. The van der Waals surface area contributed by atoms with Gasteiger partial charge in [0.15, 0.2) is 0 Å². The summed E-state index contributed by atoms with van der Waals surface area (Å²) in [5.41, 5.74) is 7.14. The van der Waals surface area contributed by atoms with E-state index in [2.05, 4.69) is 0 Å². The monoisotopic (exact) mass is 355 g/mol. The van der Waals surface area contributed by atoms with E-state index in [1.807, 2.05) is 44.2 Å². The van der Waals surface area contributed by atoms with Gasteiger partial charge in [0.1, 0.15) is 10.7 Å². The molecule has 0 spiro atoms. The predicted molar refractivity (Wildman–Crippen MR) is 102 cm³/mol. The Balaban J connectivity index is 2.27. The highest BCUT2D eigenvalue weighted by Gasteiger charge is 2.19. The Labute approximate surface area is 150 Å². The van der Waals surface area contributed by atoms with Crippen molar-refractivity contribution < 1.29 is 4.79 Å². The van der Waals surface area contributed by atoms with E-state index in [4.69, 9.17) is 10.7 Å². The maximum atomic E-state index is 13.2. The van der Waals surface area contributed by atoms with Crippen LogP contribution in [0.15, 0.2) is 35.1 Å². The molecule has 0 atom stereocenters. The maximum Gasteiger partial charge on any atom is 0.262 e. The van der Waals surface area contributed by atoms with Gasteiger partial charge in [0.25, 0.3) is 5.56 Å². The molecular formula is C19H21N3O2S. The molecule has 1 aromatic carbocycles. The number of thiophene rings is 1. The average molecular weight is 355 g/mol. The number of primary amides is 1. The predicted octanol–water partition coefficient (Wildman–Crippen LogP) is 3.26. The molecular weight excluding hydrogens is 334 g/mol. The Kier molecular flexibility index (Phi) is 4.99. The molecule has 25 heavy (non-hydrogen) atoms. The van der Waals surface area contributed by atoms with Gasteiger partial charge in [-0.15, -0.1) is 11.3 Å². The number of hydrogen-bond acceptors (Lipinski definition) is 4. The van der Waals surface area contributed by atoms with Crippen molar-refractivity contribution in [2.24, 2.45) is 5.73 Å².